The van der Waals surface area contributed by atoms with Gasteiger partial charge in [0.1, 0.15) is 0 Å². The van der Waals surface area contributed by atoms with E-state index in [1.54, 1.807) is 0 Å². The Morgan fingerprint density at radius 1 is 1.33 bits per heavy atom. The van der Waals surface area contributed by atoms with E-state index in [0.29, 0.717) is 5.92 Å². The summed E-state index contributed by atoms with van der Waals surface area (Å²) in [6, 6.07) is -0.310. The molecule has 0 heterocycles. The normalized spacial score (nSPS) is 27.7. The van der Waals surface area contributed by atoms with Crippen molar-refractivity contribution in [3.8, 4) is 0 Å². The lowest BCUT2D eigenvalue weighted by Crippen LogP contribution is -2.47. The van der Waals surface area contributed by atoms with E-state index in [9.17, 15) is 4.79 Å². The summed E-state index contributed by atoms with van der Waals surface area (Å²) in [5, 5.41) is 14.7. The maximum Gasteiger partial charge on any atom is 0.224 e. The van der Waals surface area contributed by atoms with Crippen molar-refractivity contribution in [2.24, 2.45) is 33.6 Å². The van der Waals surface area contributed by atoms with Crippen LogP contribution in [0, 0.1) is 22.7 Å². The van der Waals surface area contributed by atoms with Crippen molar-refractivity contribution in [1.29, 1.82) is 0 Å². The van der Waals surface area contributed by atoms with Gasteiger partial charge in [-0.05, 0) is 29.6 Å². The van der Waals surface area contributed by atoms with Crippen molar-refractivity contribution in [3.63, 3.8) is 0 Å². The van der Waals surface area contributed by atoms with Crippen LogP contribution in [0.4, 0.5) is 0 Å². The van der Waals surface area contributed by atoms with E-state index >= 15 is 0 Å². The average Bonchev–Trinajstić information content (AvgIpc) is 3.13. The van der Waals surface area contributed by atoms with Gasteiger partial charge in [0.2, 0.25) is 5.91 Å². The molecule has 2 aliphatic rings. The fraction of sp³-hybridized carbons (Fsp3) is 0.846. The number of rotatable bonds is 4. The monoisotopic (exact) mass is 253 g/mol. The Hall–Kier alpha value is -1.26. The molecule has 2 saturated carbocycles. The molecule has 0 aromatic rings. The highest BCUT2D eigenvalue weighted by molar-refractivity contribution is 5.92. The highest BCUT2D eigenvalue weighted by Gasteiger charge is 2.68. The molecule has 1 unspecified atom stereocenters. The molecule has 2 aliphatic carbocycles. The first kappa shape index (κ1) is 13.2. The van der Waals surface area contributed by atoms with E-state index in [1.807, 2.05) is 0 Å². The second-order valence-corrected chi connectivity index (χ2v) is 6.72. The van der Waals surface area contributed by atoms with Gasteiger partial charge in [0.25, 0.3) is 0 Å². The molecule has 5 nitrogen and oxygen atoms in total. The quantitative estimate of drug-likeness (QED) is 0.305. The molecule has 0 spiro atoms. The van der Waals surface area contributed by atoms with Crippen molar-refractivity contribution in [1.82, 2.24) is 5.32 Å². The molecule has 2 fully saturated rings. The molecule has 5 heteroatoms. The van der Waals surface area contributed by atoms with E-state index in [2.05, 4.69) is 38.2 Å². The summed E-state index contributed by atoms with van der Waals surface area (Å²) >= 11 is 0. The van der Waals surface area contributed by atoms with Crippen LogP contribution in [0.15, 0.2) is 5.16 Å². The molecule has 4 N–H and O–H groups in total. The number of nitrogens with two attached hydrogens (primary N) is 1. The van der Waals surface area contributed by atoms with Crippen LogP contribution in [0.1, 0.15) is 40.5 Å². The summed E-state index contributed by atoms with van der Waals surface area (Å²) in [6.45, 7) is 8.42. The number of amidine groups is 1. The number of nitrogens with zero attached hydrogens (tertiary/aromatic N) is 1. The van der Waals surface area contributed by atoms with Crippen LogP contribution in [-0.4, -0.2) is 23.0 Å². The first-order chi connectivity index (χ1) is 8.23. The minimum Gasteiger partial charge on any atom is -0.409 e. The number of hydrogen-bond donors (Lipinski definition) is 3. The molecule has 0 aliphatic heterocycles. The average molecular weight is 253 g/mol. The van der Waals surface area contributed by atoms with Gasteiger partial charge in [-0.2, -0.15) is 0 Å². The Morgan fingerprint density at radius 2 is 1.83 bits per heavy atom. The second kappa shape index (κ2) is 3.87. The minimum atomic E-state index is -0.310. The first-order valence-electron chi connectivity index (χ1n) is 6.51. The fourth-order valence-corrected chi connectivity index (χ4v) is 3.01. The van der Waals surface area contributed by atoms with Crippen molar-refractivity contribution in [3.05, 3.63) is 0 Å². The third kappa shape index (κ3) is 1.85. The molecule has 102 valence electrons. The number of oxime groups is 1. The van der Waals surface area contributed by atoms with Crippen molar-refractivity contribution in [2.75, 3.05) is 0 Å². The zero-order valence-electron chi connectivity index (χ0n) is 11.5. The van der Waals surface area contributed by atoms with Crippen molar-refractivity contribution >= 4 is 11.7 Å². The van der Waals surface area contributed by atoms with Gasteiger partial charge < -0.3 is 16.3 Å². The highest BCUT2D eigenvalue weighted by atomic mass is 16.4. The maximum atomic E-state index is 12.3. The summed E-state index contributed by atoms with van der Waals surface area (Å²) in [4.78, 5) is 12.3. The second-order valence-electron chi connectivity index (χ2n) is 6.72. The maximum absolute atomic E-state index is 12.3. The third-order valence-electron chi connectivity index (χ3n) is 5.11. The number of carbonyl (C=O) groups is 1. The predicted octanol–water partition coefficient (Wildman–Crippen LogP) is 1.31. The van der Waals surface area contributed by atoms with Crippen LogP contribution >= 0.6 is 0 Å². The molecular weight excluding hydrogens is 230 g/mol. The molecular formula is C13H23N3O2. The predicted molar refractivity (Wildman–Crippen MR) is 69.1 cm³/mol. The van der Waals surface area contributed by atoms with Crippen molar-refractivity contribution < 1.29 is 10.0 Å². The zero-order valence-corrected chi connectivity index (χ0v) is 11.5. The molecule has 0 aromatic heterocycles. The van der Waals surface area contributed by atoms with Crippen LogP contribution < -0.4 is 11.1 Å². The van der Waals surface area contributed by atoms with Gasteiger partial charge in [-0.25, -0.2) is 0 Å². The van der Waals surface area contributed by atoms with Gasteiger partial charge in [-0.15, -0.1) is 0 Å². The number of nitrogens with one attached hydrogen (secondary N) is 1. The van der Waals surface area contributed by atoms with E-state index < -0.39 is 0 Å². The van der Waals surface area contributed by atoms with Gasteiger partial charge in [-0.3, -0.25) is 4.79 Å². The summed E-state index contributed by atoms with van der Waals surface area (Å²) in [5.41, 5.74) is 5.67. The van der Waals surface area contributed by atoms with Gasteiger partial charge in [0.15, 0.2) is 5.84 Å². The Labute approximate surface area is 108 Å². The van der Waals surface area contributed by atoms with E-state index in [4.69, 9.17) is 10.9 Å². The van der Waals surface area contributed by atoms with Crippen LogP contribution in [0.2, 0.25) is 0 Å². The van der Waals surface area contributed by atoms with E-state index in [1.165, 1.54) is 0 Å². The molecule has 0 saturated heterocycles. The topological polar surface area (TPSA) is 87.7 Å². The molecule has 18 heavy (non-hydrogen) atoms. The van der Waals surface area contributed by atoms with Gasteiger partial charge in [0.05, 0.1) is 6.04 Å². The SMILES string of the molecule is CC1(C)C(C(=O)NC(C(N)=NO)C2CC2)C1(C)C. The number of carbonyl (C=O) groups excluding carboxylic acids is 1. The fourth-order valence-electron chi connectivity index (χ4n) is 3.01. The van der Waals surface area contributed by atoms with E-state index in [0.717, 1.165) is 12.8 Å². The van der Waals surface area contributed by atoms with E-state index in [-0.39, 0.29) is 34.5 Å². The van der Waals surface area contributed by atoms with Crippen LogP contribution in [0.3, 0.4) is 0 Å². The van der Waals surface area contributed by atoms with Gasteiger partial charge in [0, 0.05) is 5.92 Å². The Kier molecular flexibility index (Phi) is 2.83. The molecule has 0 bridgehead atoms. The lowest BCUT2D eigenvalue weighted by Gasteiger charge is -2.17. The summed E-state index contributed by atoms with van der Waals surface area (Å²) in [5.74, 6) is 0.461. The minimum absolute atomic E-state index is 0.00209. The van der Waals surface area contributed by atoms with Crippen molar-refractivity contribution in [2.45, 2.75) is 46.6 Å². The third-order valence-corrected chi connectivity index (χ3v) is 5.11. The molecule has 1 atom stereocenters. The first-order valence-corrected chi connectivity index (χ1v) is 6.51. The highest BCUT2D eigenvalue weighted by Crippen LogP contribution is 2.68. The largest absolute Gasteiger partial charge is 0.409 e. The summed E-state index contributed by atoms with van der Waals surface area (Å²) in [7, 11) is 0. The number of hydrogen-bond acceptors (Lipinski definition) is 3. The smallest absolute Gasteiger partial charge is 0.224 e. The van der Waals surface area contributed by atoms with Crippen LogP contribution in [0.25, 0.3) is 0 Å². The Bertz CT molecular complexity index is 383. The summed E-state index contributed by atoms with van der Waals surface area (Å²) < 4.78 is 0. The summed E-state index contributed by atoms with van der Waals surface area (Å²) in [6.07, 6.45) is 2.05. The lowest BCUT2D eigenvalue weighted by atomic mass is 10.0. The Balaban J connectivity index is 2.03. The Morgan fingerprint density at radius 3 is 2.17 bits per heavy atom. The number of amides is 1. The van der Waals surface area contributed by atoms with Crippen LogP contribution in [0.5, 0.6) is 0 Å². The van der Waals surface area contributed by atoms with Gasteiger partial charge >= 0.3 is 0 Å². The van der Waals surface area contributed by atoms with Gasteiger partial charge in [-0.1, -0.05) is 32.9 Å². The molecule has 2 rings (SSSR count). The zero-order chi connectivity index (χ0) is 13.7. The molecule has 1 amide bonds. The molecule has 0 radical (unpaired) electrons. The lowest BCUT2D eigenvalue weighted by molar-refractivity contribution is -0.123. The molecule has 0 aromatic carbocycles. The van der Waals surface area contributed by atoms with Crippen LogP contribution in [-0.2, 0) is 4.79 Å². The standard InChI is InChI=1S/C13H23N3O2/c1-12(2)9(13(12,3)4)11(17)15-8(7-5-6-7)10(14)16-18/h7-9,18H,5-6H2,1-4H3,(H2,14,16)(H,15,17).